The first kappa shape index (κ1) is 40.4. The molecular formula is C60H36F3N5. The monoisotopic (exact) mass is 883 g/mol. The van der Waals surface area contributed by atoms with Crippen LogP contribution in [0.25, 0.3) is 111 Å². The SMILES string of the molecule is N#Cc1cc(-n2c3ccccc3c3cc(-c4ccnc(-c5ccccc5)c4)ccc32)c(-c2cccc(C(F)(F)F)c2)c(-n2c3ccccc3c3cc(-c4ccnc(-c5ccccc5)c4)ccc32)c1. The lowest BCUT2D eigenvalue weighted by atomic mass is 9.96. The van der Waals surface area contributed by atoms with Crippen LogP contribution >= 0.6 is 0 Å². The van der Waals surface area contributed by atoms with E-state index in [1.54, 1.807) is 18.2 Å². The summed E-state index contributed by atoms with van der Waals surface area (Å²) in [6.45, 7) is 0. The summed E-state index contributed by atoms with van der Waals surface area (Å²) in [6, 6.07) is 68.4. The van der Waals surface area contributed by atoms with Crippen LogP contribution in [0.1, 0.15) is 11.1 Å². The molecule has 0 fully saturated rings. The van der Waals surface area contributed by atoms with E-state index in [9.17, 15) is 18.4 Å². The fraction of sp³-hybridized carbons (Fsp3) is 0.0167. The van der Waals surface area contributed by atoms with Gasteiger partial charge in [0.05, 0.1) is 62.0 Å². The van der Waals surface area contributed by atoms with Crippen molar-refractivity contribution in [1.29, 1.82) is 5.26 Å². The number of rotatable bonds is 7. The third-order valence-electron chi connectivity index (χ3n) is 12.9. The largest absolute Gasteiger partial charge is 0.416 e. The van der Waals surface area contributed by atoms with Gasteiger partial charge in [0.1, 0.15) is 0 Å². The van der Waals surface area contributed by atoms with Crippen LogP contribution in [0.5, 0.6) is 0 Å². The van der Waals surface area contributed by atoms with E-state index >= 15 is 0 Å². The van der Waals surface area contributed by atoms with Crippen molar-refractivity contribution in [3.63, 3.8) is 0 Å². The molecule has 0 bridgehead atoms. The maximum atomic E-state index is 14.7. The summed E-state index contributed by atoms with van der Waals surface area (Å²) in [6.07, 6.45) is -0.967. The van der Waals surface area contributed by atoms with Gasteiger partial charge in [-0.25, -0.2) is 0 Å². The molecule has 4 aromatic heterocycles. The standard InChI is InChI=1S/C60H36F3N5/c61-60(62,63)46-17-11-16-45(32-46)59-57(67-53-20-9-7-18-47(53)49-33-41(22-24-55(49)67)43-26-28-65-51(35-43)39-12-3-1-4-13-39)30-38(37-64)31-58(59)68-54-21-10-8-19-48(54)50-34-42(23-25-56(50)68)44-27-29-66-52(36-44)40-14-5-2-6-15-40/h1-36H. The maximum absolute atomic E-state index is 14.7. The number of nitriles is 1. The van der Waals surface area contributed by atoms with Gasteiger partial charge in [-0.15, -0.1) is 0 Å². The summed E-state index contributed by atoms with van der Waals surface area (Å²) in [5, 5.41) is 14.7. The average Bonchev–Trinajstić information content (AvgIpc) is 3.91. The van der Waals surface area contributed by atoms with Crippen molar-refractivity contribution in [1.82, 2.24) is 19.1 Å². The molecule has 0 radical (unpaired) electrons. The van der Waals surface area contributed by atoms with E-state index in [4.69, 9.17) is 0 Å². The van der Waals surface area contributed by atoms with E-state index in [0.717, 1.165) is 94.4 Å². The highest BCUT2D eigenvalue weighted by Gasteiger charge is 2.32. The summed E-state index contributed by atoms with van der Waals surface area (Å²) in [5.74, 6) is 0. The summed E-state index contributed by atoms with van der Waals surface area (Å²) in [4.78, 5) is 9.32. The highest BCUT2D eigenvalue weighted by molar-refractivity contribution is 6.13. The number of hydrogen-bond acceptors (Lipinski definition) is 3. The Balaban J connectivity index is 1.12. The fourth-order valence-electron chi connectivity index (χ4n) is 9.75. The van der Waals surface area contributed by atoms with Gasteiger partial charge in [-0.1, -0.05) is 121 Å². The van der Waals surface area contributed by atoms with Crippen molar-refractivity contribution in [2.24, 2.45) is 0 Å². The van der Waals surface area contributed by atoms with E-state index in [1.807, 2.05) is 122 Å². The van der Waals surface area contributed by atoms with Crippen LogP contribution in [-0.2, 0) is 6.18 Å². The molecule has 5 nitrogen and oxygen atoms in total. The zero-order valence-electron chi connectivity index (χ0n) is 36.2. The quantitative estimate of drug-likeness (QED) is 0.160. The molecule has 12 rings (SSSR count). The van der Waals surface area contributed by atoms with Crippen LogP contribution in [0, 0.1) is 11.3 Å². The first-order valence-electron chi connectivity index (χ1n) is 22.2. The predicted octanol–water partition coefficient (Wildman–Crippen LogP) is 15.9. The normalized spacial score (nSPS) is 11.7. The number of fused-ring (bicyclic) bond motifs is 6. The second-order valence-corrected chi connectivity index (χ2v) is 16.8. The number of halogens is 3. The average molecular weight is 884 g/mol. The van der Waals surface area contributed by atoms with Crippen LogP contribution in [0.2, 0.25) is 0 Å². The van der Waals surface area contributed by atoms with Crippen LogP contribution in [0.4, 0.5) is 13.2 Å². The molecule has 0 N–H and O–H groups in total. The number of aromatic nitrogens is 4. The van der Waals surface area contributed by atoms with Gasteiger partial charge in [-0.05, 0) is 113 Å². The molecule has 0 spiro atoms. The molecule has 0 saturated heterocycles. The predicted molar refractivity (Wildman–Crippen MR) is 268 cm³/mol. The summed E-state index contributed by atoms with van der Waals surface area (Å²) in [7, 11) is 0. The molecule has 0 saturated carbocycles. The van der Waals surface area contributed by atoms with Gasteiger partial charge in [0.25, 0.3) is 0 Å². The van der Waals surface area contributed by atoms with E-state index in [1.165, 1.54) is 12.1 Å². The molecule has 0 aliphatic carbocycles. The lowest BCUT2D eigenvalue weighted by molar-refractivity contribution is -0.137. The Labute approximate surface area is 388 Å². The molecule has 8 aromatic carbocycles. The molecule has 0 atom stereocenters. The zero-order chi connectivity index (χ0) is 45.9. The van der Waals surface area contributed by atoms with Gasteiger partial charge < -0.3 is 9.13 Å². The van der Waals surface area contributed by atoms with Crippen LogP contribution in [0.3, 0.4) is 0 Å². The molecule has 322 valence electrons. The van der Waals surface area contributed by atoms with Gasteiger partial charge in [-0.3, -0.25) is 9.97 Å². The number of nitrogens with zero attached hydrogens (tertiary/aromatic N) is 5. The van der Waals surface area contributed by atoms with Crippen molar-refractivity contribution < 1.29 is 13.2 Å². The lowest BCUT2D eigenvalue weighted by Crippen LogP contribution is -2.07. The summed E-state index contributed by atoms with van der Waals surface area (Å²) >= 11 is 0. The van der Waals surface area contributed by atoms with Crippen molar-refractivity contribution in [2.45, 2.75) is 6.18 Å². The van der Waals surface area contributed by atoms with E-state index in [0.29, 0.717) is 28.1 Å². The third-order valence-corrected chi connectivity index (χ3v) is 12.9. The van der Waals surface area contributed by atoms with Crippen LogP contribution < -0.4 is 0 Å². The van der Waals surface area contributed by atoms with E-state index in [2.05, 4.69) is 85.8 Å². The maximum Gasteiger partial charge on any atom is 0.416 e. The van der Waals surface area contributed by atoms with Crippen molar-refractivity contribution >= 4 is 43.6 Å². The minimum Gasteiger partial charge on any atom is -0.308 e. The fourth-order valence-corrected chi connectivity index (χ4v) is 9.75. The Morgan fingerprint density at radius 3 is 1.31 bits per heavy atom. The molecule has 0 amide bonds. The number of pyridine rings is 2. The van der Waals surface area contributed by atoms with Crippen LogP contribution in [0.15, 0.2) is 219 Å². The summed E-state index contributed by atoms with van der Waals surface area (Å²) in [5.41, 5.74) is 12.7. The van der Waals surface area contributed by atoms with Gasteiger partial charge in [0.15, 0.2) is 0 Å². The van der Waals surface area contributed by atoms with E-state index in [-0.39, 0.29) is 0 Å². The number of hydrogen-bond donors (Lipinski definition) is 0. The highest BCUT2D eigenvalue weighted by atomic mass is 19.4. The zero-order valence-corrected chi connectivity index (χ0v) is 36.2. The minimum atomic E-state index is -4.60. The molecule has 4 heterocycles. The molecular weight excluding hydrogens is 848 g/mol. The third kappa shape index (κ3) is 6.88. The Kier molecular flexibility index (Phi) is 9.59. The molecule has 8 heteroatoms. The van der Waals surface area contributed by atoms with Gasteiger partial charge in [0, 0.05) is 50.6 Å². The molecule has 0 aliphatic rings. The number of para-hydroxylation sites is 2. The Hall–Kier alpha value is -9.06. The van der Waals surface area contributed by atoms with Gasteiger partial charge in [0.2, 0.25) is 0 Å². The highest BCUT2D eigenvalue weighted by Crippen LogP contribution is 2.45. The van der Waals surface area contributed by atoms with Gasteiger partial charge >= 0.3 is 6.18 Å². The van der Waals surface area contributed by atoms with Crippen LogP contribution in [-0.4, -0.2) is 19.1 Å². The van der Waals surface area contributed by atoms with Gasteiger partial charge in [-0.2, -0.15) is 18.4 Å². The summed E-state index contributed by atoms with van der Waals surface area (Å²) < 4.78 is 48.3. The second-order valence-electron chi connectivity index (χ2n) is 16.8. The first-order chi connectivity index (χ1) is 33.3. The Morgan fingerprint density at radius 1 is 0.382 bits per heavy atom. The molecule has 0 unspecified atom stereocenters. The van der Waals surface area contributed by atoms with E-state index < -0.39 is 11.7 Å². The topological polar surface area (TPSA) is 59.4 Å². The second kappa shape index (κ2) is 16.1. The number of benzene rings is 8. The number of alkyl halides is 3. The Morgan fingerprint density at radius 2 is 0.824 bits per heavy atom. The smallest absolute Gasteiger partial charge is 0.308 e. The molecule has 12 aromatic rings. The minimum absolute atomic E-state index is 0.353. The molecule has 0 aliphatic heterocycles. The van der Waals surface area contributed by atoms with Crippen molar-refractivity contribution in [3.05, 3.63) is 230 Å². The van der Waals surface area contributed by atoms with Crippen molar-refractivity contribution in [2.75, 3.05) is 0 Å². The molecule has 68 heavy (non-hydrogen) atoms. The lowest BCUT2D eigenvalue weighted by Gasteiger charge is -2.21. The first-order valence-corrected chi connectivity index (χ1v) is 22.2. The van der Waals surface area contributed by atoms with Crippen molar-refractivity contribution in [3.8, 4) is 73.3 Å². The Bertz CT molecular complexity index is 3750.